The Bertz CT molecular complexity index is 503. The average Bonchev–Trinajstić information content (AvgIpc) is 2.77. The molecule has 3 nitrogen and oxygen atoms in total. The van der Waals surface area contributed by atoms with Crippen molar-refractivity contribution >= 4 is 5.78 Å². The van der Waals surface area contributed by atoms with Crippen LogP contribution in [0.4, 0.5) is 0 Å². The quantitative estimate of drug-likeness (QED) is 0.872. The Morgan fingerprint density at radius 3 is 2.22 bits per heavy atom. The second kappa shape index (κ2) is 6.74. The van der Waals surface area contributed by atoms with Crippen LogP contribution in [-0.2, 0) is 4.79 Å². The lowest BCUT2D eigenvalue weighted by Crippen LogP contribution is -1.80. The van der Waals surface area contributed by atoms with Gasteiger partial charge >= 0.3 is 0 Å². The van der Waals surface area contributed by atoms with Gasteiger partial charge in [-0.1, -0.05) is 36.8 Å². The van der Waals surface area contributed by atoms with Gasteiger partial charge in [-0.2, -0.15) is 5.10 Å². The predicted molar refractivity (Wildman–Crippen MR) is 76.6 cm³/mol. The number of nitrogens with zero attached hydrogens (tertiary/aromatic N) is 1. The molecule has 98 valence electrons. The number of benzene rings is 1. The molecule has 1 aromatic heterocycles. The Morgan fingerprint density at radius 2 is 1.83 bits per heavy atom. The fourth-order valence-corrected chi connectivity index (χ4v) is 1.29. The zero-order chi connectivity index (χ0) is 13.5. The van der Waals surface area contributed by atoms with Gasteiger partial charge in [-0.15, -0.1) is 0 Å². The summed E-state index contributed by atoms with van der Waals surface area (Å²) in [6.45, 7) is 7.52. The highest BCUT2D eigenvalue weighted by molar-refractivity contribution is 5.74. The minimum Gasteiger partial charge on any atom is -0.300 e. The average molecular weight is 246 g/mol. The Labute approximate surface area is 110 Å². The van der Waals surface area contributed by atoms with E-state index in [0.717, 1.165) is 17.0 Å². The molecule has 1 aromatic carbocycles. The molecule has 0 radical (unpaired) electrons. The van der Waals surface area contributed by atoms with E-state index in [9.17, 15) is 4.79 Å². The summed E-state index contributed by atoms with van der Waals surface area (Å²) in [5, 5.41) is 7.12. The topological polar surface area (TPSA) is 45.8 Å². The molecular formula is C15H22N2O. The zero-order valence-electron chi connectivity index (χ0n) is 11.4. The maximum atomic E-state index is 9.81. The summed E-state index contributed by atoms with van der Waals surface area (Å²) in [4.78, 5) is 9.81. The van der Waals surface area contributed by atoms with E-state index in [2.05, 4.69) is 41.4 Å². The van der Waals surface area contributed by atoms with E-state index < -0.39 is 0 Å². The summed E-state index contributed by atoms with van der Waals surface area (Å²) in [5.41, 5.74) is 4.54. The number of H-pyrrole nitrogens is 1. The van der Waals surface area contributed by atoms with E-state index >= 15 is 0 Å². The molecule has 1 N–H and O–H groups in total. The Balaban J connectivity index is 0.000000471. The van der Waals surface area contributed by atoms with E-state index in [-0.39, 0.29) is 7.21 Å². The maximum Gasteiger partial charge on any atom is 0.129 e. The third-order valence-electron chi connectivity index (χ3n) is 2.55. The maximum absolute atomic E-state index is 9.81. The molecule has 0 saturated heterocycles. The van der Waals surface area contributed by atoms with Crippen LogP contribution in [0.2, 0.25) is 0 Å². The van der Waals surface area contributed by atoms with Gasteiger partial charge in [0.15, 0.2) is 0 Å². The first kappa shape index (κ1) is 14.2. The Hall–Kier alpha value is -1.90. The molecule has 0 unspecified atom stereocenters. The number of aromatic amines is 1. The largest absolute Gasteiger partial charge is 0.300 e. The lowest BCUT2D eigenvalue weighted by atomic mass is 10.1. The van der Waals surface area contributed by atoms with Crippen molar-refractivity contribution in [1.82, 2.24) is 10.2 Å². The number of hydrogen-bond donors (Lipinski definition) is 1. The third-order valence-corrected chi connectivity index (χ3v) is 2.55. The van der Waals surface area contributed by atoms with Gasteiger partial charge in [0.25, 0.3) is 0 Å². The number of ketones is 1. The number of nitrogens with one attached hydrogen (secondary N) is 1. The van der Waals surface area contributed by atoms with Crippen molar-refractivity contribution in [2.75, 3.05) is 0 Å². The van der Waals surface area contributed by atoms with Crippen LogP contribution in [0.3, 0.4) is 0 Å². The van der Waals surface area contributed by atoms with Gasteiger partial charge in [0.2, 0.25) is 0 Å². The molecule has 2 aromatic rings. The molecule has 2 rings (SSSR count). The van der Waals surface area contributed by atoms with Gasteiger partial charge in [0.1, 0.15) is 5.78 Å². The van der Waals surface area contributed by atoms with Gasteiger partial charge in [-0.3, -0.25) is 5.10 Å². The molecule has 0 fully saturated rings. The summed E-state index contributed by atoms with van der Waals surface area (Å²) < 4.78 is 0. The summed E-state index contributed by atoms with van der Waals surface area (Å²) in [7, 11) is 0. The lowest BCUT2D eigenvalue weighted by molar-refractivity contribution is -0.116. The number of carbonyl (C=O) groups is 1. The van der Waals surface area contributed by atoms with Crippen LogP contribution in [0, 0.1) is 13.8 Å². The molecule has 0 bridgehead atoms. The van der Waals surface area contributed by atoms with Crippen LogP contribution in [0.25, 0.3) is 11.3 Å². The number of hydrogen-bond acceptors (Lipinski definition) is 2. The molecule has 0 aliphatic carbocycles. The highest BCUT2D eigenvalue weighted by Gasteiger charge is 1.99. The van der Waals surface area contributed by atoms with Crippen molar-refractivity contribution < 1.29 is 6.22 Å². The van der Waals surface area contributed by atoms with Crippen LogP contribution in [0.15, 0.2) is 30.3 Å². The van der Waals surface area contributed by atoms with E-state index in [1.165, 1.54) is 5.56 Å². The molecule has 1 heterocycles. The van der Waals surface area contributed by atoms with Crippen molar-refractivity contribution in [3.63, 3.8) is 0 Å². The van der Waals surface area contributed by atoms with Gasteiger partial charge in [0.05, 0.1) is 5.69 Å². The minimum absolute atomic E-state index is 0. The number of carbonyl (C=O) groups excluding carboxylic acids is 1. The molecule has 0 aliphatic rings. The van der Waals surface area contributed by atoms with Gasteiger partial charge in [0, 0.05) is 19.1 Å². The fourth-order valence-electron chi connectivity index (χ4n) is 1.29. The Kier molecular flexibility index (Phi) is 5.31. The van der Waals surface area contributed by atoms with E-state index in [4.69, 9.17) is 0 Å². The molecule has 0 aliphatic heterocycles. The van der Waals surface area contributed by atoms with Gasteiger partial charge < -0.3 is 4.79 Å². The highest BCUT2D eigenvalue weighted by Crippen LogP contribution is 2.17. The fraction of sp³-hybridized carbons (Fsp3) is 0.333. The smallest absolute Gasteiger partial charge is 0.129 e. The molecule has 0 spiro atoms. The first-order chi connectivity index (χ1) is 8.52. The highest BCUT2D eigenvalue weighted by atomic mass is 16.1. The van der Waals surface area contributed by atoms with Crippen molar-refractivity contribution in [3.05, 3.63) is 41.6 Å². The zero-order valence-corrected chi connectivity index (χ0v) is 11.4. The number of Topliss-reactive ketones (excluding diaryl/α,β-unsaturated/α-hetero) is 1. The first-order valence-corrected chi connectivity index (χ1v) is 6.11. The number of aromatic nitrogens is 2. The second-order valence-electron chi connectivity index (χ2n) is 4.36. The number of rotatable bonds is 2. The summed E-state index contributed by atoms with van der Waals surface area (Å²) in [6, 6.07) is 10.4. The molecule has 0 amide bonds. The van der Waals surface area contributed by atoms with E-state index in [1.54, 1.807) is 6.92 Å². The molecule has 0 saturated carbocycles. The summed E-state index contributed by atoms with van der Waals surface area (Å²) in [5.74, 6) is 0.255. The van der Waals surface area contributed by atoms with Crippen molar-refractivity contribution in [3.8, 4) is 11.3 Å². The van der Waals surface area contributed by atoms with Crippen LogP contribution in [0.1, 0.15) is 33.0 Å². The van der Waals surface area contributed by atoms with Crippen LogP contribution in [-0.4, -0.2) is 16.0 Å². The molecule has 18 heavy (non-hydrogen) atoms. The summed E-state index contributed by atoms with van der Waals surface area (Å²) >= 11 is 0. The van der Waals surface area contributed by atoms with Crippen LogP contribution >= 0.6 is 0 Å². The summed E-state index contributed by atoms with van der Waals surface area (Å²) in [6.07, 6.45) is 0.667. The van der Waals surface area contributed by atoms with Crippen LogP contribution < -0.4 is 0 Å². The molecule has 3 heteroatoms. The molecular weight excluding hydrogens is 224 g/mol. The van der Waals surface area contributed by atoms with Gasteiger partial charge in [-0.25, -0.2) is 0 Å². The Morgan fingerprint density at radius 1 is 1.28 bits per heavy atom. The monoisotopic (exact) mass is 246 g/mol. The predicted octanol–water partition coefficient (Wildman–Crippen LogP) is 3.92. The molecule has 0 atom stereocenters. The van der Waals surface area contributed by atoms with Crippen molar-refractivity contribution in [2.45, 2.75) is 34.1 Å². The minimum atomic E-state index is 0. The van der Waals surface area contributed by atoms with Crippen LogP contribution in [0.5, 0.6) is 0 Å². The third kappa shape index (κ3) is 4.53. The van der Waals surface area contributed by atoms with Crippen molar-refractivity contribution in [1.29, 1.82) is 0 Å². The van der Waals surface area contributed by atoms with E-state index in [1.807, 2.05) is 19.9 Å². The first-order valence-electron chi connectivity index (χ1n) is 6.11. The van der Waals surface area contributed by atoms with E-state index in [0.29, 0.717) is 6.42 Å². The van der Waals surface area contributed by atoms with Crippen molar-refractivity contribution in [2.24, 2.45) is 0 Å². The normalized spacial score (nSPS) is 9.56. The number of aryl methyl sites for hydroxylation is 2. The van der Waals surface area contributed by atoms with Gasteiger partial charge in [-0.05, 0) is 26.8 Å². The second-order valence-corrected chi connectivity index (χ2v) is 4.36. The standard InChI is InChI=1S/C11H12N2.C4H8O.H2/c1-8-3-5-10(6-4-8)11-7-9(2)12-13-11;1-3-4(2)5;/h3-7H,1-2H3,(H,12,13);3H2,1-2H3;1H. The SMILES string of the molecule is CCC(C)=O.Cc1ccc(-c2cc(C)[nH]n2)cc1.[HH]. The lowest BCUT2D eigenvalue weighted by Gasteiger charge is -1.95.